The second kappa shape index (κ2) is 6.58. The van der Waals surface area contributed by atoms with Crippen LogP contribution in [0.5, 0.6) is 0 Å². The number of rotatable bonds is 2. The van der Waals surface area contributed by atoms with E-state index < -0.39 is 0 Å². The maximum absolute atomic E-state index is 12.4. The number of nitrogens with zero attached hydrogens (tertiary/aromatic N) is 2. The van der Waals surface area contributed by atoms with Crippen molar-refractivity contribution < 1.29 is 9.59 Å². The van der Waals surface area contributed by atoms with Crippen LogP contribution in [0.4, 0.5) is 0 Å². The lowest BCUT2D eigenvalue weighted by atomic mass is 9.98. The minimum Gasteiger partial charge on any atom is -0.339 e. The zero-order valence-corrected chi connectivity index (χ0v) is 12.9. The average Bonchev–Trinajstić information content (AvgIpc) is 3.09. The molecule has 0 spiro atoms. The molecular weight excluding hydrogens is 286 g/mol. The second-order valence-corrected chi connectivity index (χ2v) is 6.45. The molecule has 3 rings (SSSR count). The van der Waals surface area contributed by atoms with E-state index in [9.17, 15) is 9.59 Å². The lowest BCUT2D eigenvalue weighted by Gasteiger charge is -2.37. The number of hydrogen-bond donors (Lipinski definition) is 1. The standard InChI is InChI=1S/C15H21N3O2S/c19-14(12-2-1-4-16-10-12)17-5-7-18(8-6-17)15(20)13-3-9-21-11-13/h3,9,11-12,16H,1-2,4-8,10H2/t12-/m1/s1. The Morgan fingerprint density at radius 1 is 1.19 bits per heavy atom. The molecule has 2 saturated heterocycles. The van der Waals surface area contributed by atoms with Crippen LogP contribution in [0, 0.1) is 5.92 Å². The van der Waals surface area contributed by atoms with Gasteiger partial charge in [-0.3, -0.25) is 9.59 Å². The van der Waals surface area contributed by atoms with Crippen LogP contribution in [0.15, 0.2) is 16.8 Å². The summed E-state index contributed by atoms with van der Waals surface area (Å²) in [4.78, 5) is 28.5. The Kier molecular flexibility index (Phi) is 4.55. The molecule has 2 fully saturated rings. The van der Waals surface area contributed by atoms with Gasteiger partial charge in [-0.2, -0.15) is 11.3 Å². The van der Waals surface area contributed by atoms with E-state index in [-0.39, 0.29) is 17.7 Å². The van der Waals surface area contributed by atoms with Gasteiger partial charge >= 0.3 is 0 Å². The summed E-state index contributed by atoms with van der Waals surface area (Å²) in [5.41, 5.74) is 0.760. The van der Waals surface area contributed by atoms with Crippen LogP contribution in [0.3, 0.4) is 0 Å². The molecule has 114 valence electrons. The van der Waals surface area contributed by atoms with E-state index in [2.05, 4.69) is 5.32 Å². The van der Waals surface area contributed by atoms with Crippen LogP contribution in [0.1, 0.15) is 23.2 Å². The van der Waals surface area contributed by atoms with Crippen molar-refractivity contribution in [2.24, 2.45) is 5.92 Å². The largest absolute Gasteiger partial charge is 0.339 e. The predicted molar refractivity (Wildman–Crippen MR) is 82.4 cm³/mol. The molecule has 3 heterocycles. The van der Waals surface area contributed by atoms with Crippen LogP contribution in [0.25, 0.3) is 0 Å². The Morgan fingerprint density at radius 3 is 2.57 bits per heavy atom. The van der Waals surface area contributed by atoms with Crippen molar-refractivity contribution in [3.05, 3.63) is 22.4 Å². The van der Waals surface area contributed by atoms with Crippen molar-refractivity contribution >= 4 is 23.2 Å². The number of nitrogens with one attached hydrogen (secondary N) is 1. The Balaban J connectivity index is 1.52. The van der Waals surface area contributed by atoms with Crippen LogP contribution in [-0.4, -0.2) is 60.9 Å². The lowest BCUT2D eigenvalue weighted by Crippen LogP contribution is -2.53. The molecule has 21 heavy (non-hydrogen) atoms. The van der Waals surface area contributed by atoms with Gasteiger partial charge in [-0.25, -0.2) is 0 Å². The summed E-state index contributed by atoms with van der Waals surface area (Å²) in [6.07, 6.45) is 2.06. The van der Waals surface area contributed by atoms with Gasteiger partial charge in [-0.05, 0) is 30.8 Å². The monoisotopic (exact) mass is 307 g/mol. The fraction of sp³-hybridized carbons (Fsp3) is 0.600. The third-order valence-corrected chi connectivity index (χ3v) is 4.98. The summed E-state index contributed by atoms with van der Waals surface area (Å²) in [6.45, 7) is 4.41. The zero-order valence-electron chi connectivity index (χ0n) is 12.1. The Hall–Kier alpha value is -1.40. The maximum Gasteiger partial charge on any atom is 0.254 e. The summed E-state index contributed by atoms with van der Waals surface area (Å²) >= 11 is 1.54. The van der Waals surface area contributed by atoms with Crippen molar-refractivity contribution in [3.63, 3.8) is 0 Å². The van der Waals surface area contributed by atoms with Gasteiger partial charge < -0.3 is 15.1 Å². The van der Waals surface area contributed by atoms with E-state index in [1.54, 1.807) is 0 Å². The lowest BCUT2D eigenvalue weighted by molar-refractivity contribution is -0.137. The number of piperazine rings is 1. The van der Waals surface area contributed by atoms with Gasteiger partial charge in [0, 0.05) is 38.1 Å². The van der Waals surface area contributed by atoms with Gasteiger partial charge in [-0.1, -0.05) is 0 Å². The zero-order chi connectivity index (χ0) is 14.7. The molecule has 0 saturated carbocycles. The van der Waals surface area contributed by atoms with Crippen LogP contribution in [-0.2, 0) is 4.79 Å². The van der Waals surface area contributed by atoms with Crippen molar-refractivity contribution in [2.45, 2.75) is 12.8 Å². The summed E-state index contributed by atoms with van der Waals surface area (Å²) in [5, 5.41) is 7.09. The quantitative estimate of drug-likeness (QED) is 0.888. The molecule has 2 aliphatic rings. The van der Waals surface area contributed by atoms with Gasteiger partial charge in [0.2, 0.25) is 5.91 Å². The van der Waals surface area contributed by atoms with Gasteiger partial charge in [0.25, 0.3) is 5.91 Å². The SMILES string of the molecule is O=C(c1ccsc1)N1CCN(C(=O)[C@@H]2CCCNC2)CC1. The Bertz CT molecular complexity index is 489. The summed E-state index contributed by atoms with van der Waals surface area (Å²) in [7, 11) is 0. The minimum atomic E-state index is 0.0858. The third kappa shape index (κ3) is 3.27. The fourth-order valence-corrected chi connectivity index (χ4v) is 3.65. The second-order valence-electron chi connectivity index (χ2n) is 5.67. The number of carbonyl (C=O) groups excluding carboxylic acids is 2. The highest BCUT2D eigenvalue weighted by Crippen LogP contribution is 2.16. The molecule has 0 radical (unpaired) electrons. The van der Waals surface area contributed by atoms with E-state index in [4.69, 9.17) is 0 Å². The molecule has 0 aromatic carbocycles. The van der Waals surface area contributed by atoms with Gasteiger partial charge in [0.05, 0.1) is 11.5 Å². The molecule has 2 amide bonds. The van der Waals surface area contributed by atoms with Crippen molar-refractivity contribution in [1.29, 1.82) is 0 Å². The predicted octanol–water partition coefficient (Wildman–Crippen LogP) is 1.03. The van der Waals surface area contributed by atoms with Crippen molar-refractivity contribution in [3.8, 4) is 0 Å². The first kappa shape index (κ1) is 14.5. The van der Waals surface area contributed by atoms with E-state index >= 15 is 0 Å². The Labute approximate surface area is 128 Å². The molecule has 6 heteroatoms. The van der Waals surface area contributed by atoms with Crippen LogP contribution < -0.4 is 5.32 Å². The highest BCUT2D eigenvalue weighted by Gasteiger charge is 2.29. The highest BCUT2D eigenvalue weighted by molar-refractivity contribution is 7.08. The molecule has 2 aliphatic heterocycles. The molecular formula is C15H21N3O2S. The molecule has 1 atom stereocenters. The molecule has 5 nitrogen and oxygen atoms in total. The molecule has 0 aliphatic carbocycles. The summed E-state index contributed by atoms with van der Waals surface area (Å²) < 4.78 is 0. The smallest absolute Gasteiger partial charge is 0.254 e. The van der Waals surface area contributed by atoms with E-state index in [1.807, 2.05) is 26.6 Å². The molecule has 0 bridgehead atoms. The molecule has 1 aromatic rings. The highest BCUT2D eigenvalue weighted by atomic mass is 32.1. The topological polar surface area (TPSA) is 52.7 Å². The molecule has 0 unspecified atom stereocenters. The first-order valence-electron chi connectivity index (χ1n) is 7.56. The van der Waals surface area contributed by atoms with Crippen molar-refractivity contribution in [1.82, 2.24) is 15.1 Å². The molecule has 1 aromatic heterocycles. The number of piperidine rings is 1. The molecule has 1 N–H and O–H groups in total. The van der Waals surface area contributed by atoms with E-state index in [0.717, 1.165) is 31.5 Å². The van der Waals surface area contributed by atoms with Gasteiger partial charge in [-0.15, -0.1) is 0 Å². The minimum absolute atomic E-state index is 0.0858. The number of hydrogen-bond acceptors (Lipinski definition) is 4. The number of thiophene rings is 1. The van der Waals surface area contributed by atoms with Gasteiger partial charge in [0.1, 0.15) is 0 Å². The van der Waals surface area contributed by atoms with Crippen molar-refractivity contribution in [2.75, 3.05) is 39.3 Å². The normalized spacial score (nSPS) is 23.1. The number of carbonyl (C=O) groups is 2. The van der Waals surface area contributed by atoms with Crippen LogP contribution in [0.2, 0.25) is 0 Å². The van der Waals surface area contributed by atoms with E-state index in [1.165, 1.54) is 11.3 Å². The fourth-order valence-electron chi connectivity index (χ4n) is 3.02. The maximum atomic E-state index is 12.4. The summed E-state index contributed by atoms with van der Waals surface area (Å²) in [6, 6.07) is 1.86. The van der Waals surface area contributed by atoms with Crippen LogP contribution >= 0.6 is 11.3 Å². The van der Waals surface area contributed by atoms with Gasteiger partial charge in [0.15, 0.2) is 0 Å². The van der Waals surface area contributed by atoms with E-state index in [0.29, 0.717) is 26.2 Å². The number of amides is 2. The average molecular weight is 307 g/mol. The first-order chi connectivity index (χ1) is 10.3. The Morgan fingerprint density at radius 2 is 1.95 bits per heavy atom. The third-order valence-electron chi connectivity index (χ3n) is 4.29. The first-order valence-corrected chi connectivity index (χ1v) is 8.51. The summed E-state index contributed by atoms with van der Waals surface area (Å²) in [5.74, 6) is 0.463.